The van der Waals surface area contributed by atoms with Crippen molar-refractivity contribution >= 4 is 34.8 Å². The smallest absolute Gasteiger partial charge is 0.368 e. The van der Waals surface area contributed by atoms with Gasteiger partial charge in [0.1, 0.15) is 4.33 Å². The second kappa shape index (κ2) is 5.74. The van der Waals surface area contributed by atoms with Crippen LogP contribution in [0.4, 0.5) is 18.9 Å². The molecule has 1 aliphatic carbocycles. The zero-order chi connectivity index (χ0) is 16.8. The van der Waals surface area contributed by atoms with Gasteiger partial charge in [0.15, 0.2) is 0 Å². The van der Waals surface area contributed by atoms with Crippen LogP contribution in [0.3, 0.4) is 0 Å². The van der Waals surface area contributed by atoms with Crippen molar-refractivity contribution in [3.05, 3.63) is 29.8 Å². The highest BCUT2D eigenvalue weighted by molar-refractivity contribution is 6.52. The molecule has 1 heterocycles. The lowest BCUT2D eigenvalue weighted by Crippen LogP contribution is -2.49. The van der Waals surface area contributed by atoms with Crippen LogP contribution in [0.25, 0.3) is 0 Å². The highest BCUT2D eigenvalue weighted by atomic mass is 35.5. The average Bonchev–Trinajstić information content (AvgIpc) is 3.15. The van der Waals surface area contributed by atoms with E-state index in [2.05, 4.69) is 0 Å². The van der Waals surface area contributed by atoms with Crippen molar-refractivity contribution < 1.29 is 18.0 Å². The number of carbonyl (C=O) groups is 1. The minimum absolute atomic E-state index is 0.0707. The van der Waals surface area contributed by atoms with E-state index in [-0.39, 0.29) is 11.8 Å². The molecule has 0 radical (unpaired) electrons. The van der Waals surface area contributed by atoms with Gasteiger partial charge in [-0.05, 0) is 24.6 Å². The lowest BCUT2D eigenvalue weighted by atomic mass is 10.1. The molecule has 0 bridgehead atoms. The van der Waals surface area contributed by atoms with E-state index in [9.17, 15) is 18.0 Å². The van der Waals surface area contributed by atoms with E-state index in [1.807, 2.05) is 4.90 Å². The molecule has 1 aromatic carbocycles. The number of piperazine rings is 1. The van der Waals surface area contributed by atoms with Gasteiger partial charge in [-0.25, -0.2) is 0 Å². The average molecular weight is 367 g/mol. The highest BCUT2D eigenvalue weighted by Crippen LogP contribution is 2.54. The van der Waals surface area contributed by atoms with Gasteiger partial charge in [0.25, 0.3) is 0 Å². The summed E-state index contributed by atoms with van der Waals surface area (Å²) in [6.07, 6.45) is -3.90. The van der Waals surface area contributed by atoms with Crippen molar-refractivity contribution in [2.24, 2.45) is 5.92 Å². The second-order valence-electron chi connectivity index (χ2n) is 5.88. The Labute approximate surface area is 141 Å². The van der Waals surface area contributed by atoms with Gasteiger partial charge in [0.05, 0.1) is 11.5 Å². The summed E-state index contributed by atoms with van der Waals surface area (Å²) in [4.78, 5) is 15.7. The number of rotatable bonds is 2. The van der Waals surface area contributed by atoms with E-state index in [0.717, 1.165) is 12.1 Å². The predicted octanol–water partition coefficient (Wildman–Crippen LogP) is 3.55. The van der Waals surface area contributed by atoms with Gasteiger partial charge in [0, 0.05) is 31.9 Å². The van der Waals surface area contributed by atoms with Gasteiger partial charge in [0.2, 0.25) is 5.91 Å². The Balaban J connectivity index is 1.62. The van der Waals surface area contributed by atoms with Gasteiger partial charge in [-0.1, -0.05) is 6.07 Å². The van der Waals surface area contributed by atoms with Crippen LogP contribution in [0.5, 0.6) is 0 Å². The van der Waals surface area contributed by atoms with Crippen molar-refractivity contribution in [1.29, 1.82) is 0 Å². The van der Waals surface area contributed by atoms with E-state index >= 15 is 0 Å². The summed E-state index contributed by atoms with van der Waals surface area (Å²) in [5, 5.41) is 0. The number of benzene rings is 1. The molecule has 126 valence electrons. The number of halogens is 5. The number of anilines is 1. The standard InChI is InChI=1S/C15H15Cl2F3N2O/c16-14(17)9-12(14)13(23)22-6-4-21(5-7-22)11-3-1-2-10(8-11)15(18,19)20/h1-3,8,12H,4-7,9H2. The Morgan fingerprint density at radius 2 is 1.78 bits per heavy atom. The summed E-state index contributed by atoms with van der Waals surface area (Å²) in [6, 6.07) is 5.24. The Bertz CT molecular complexity index is 613. The zero-order valence-electron chi connectivity index (χ0n) is 12.1. The lowest BCUT2D eigenvalue weighted by molar-refractivity contribution is -0.137. The molecule has 1 unspecified atom stereocenters. The zero-order valence-corrected chi connectivity index (χ0v) is 13.6. The number of hydrogen-bond acceptors (Lipinski definition) is 2. The van der Waals surface area contributed by atoms with Crippen molar-refractivity contribution in [2.75, 3.05) is 31.1 Å². The molecule has 8 heteroatoms. The molecule has 0 spiro atoms. The van der Waals surface area contributed by atoms with Crippen LogP contribution in [-0.4, -0.2) is 41.3 Å². The molecule has 2 fully saturated rings. The van der Waals surface area contributed by atoms with Gasteiger partial charge in [-0.2, -0.15) is 13.2 Å². The third-order valence-corrected chi connectivity index (χ3v) is 5.09. The van der Waals surface area contributed by atoms with Crippen LogP contribution in [-0.2, 0) is 11.0 Å². The minimum atomic E-state index is -4.36. The van der Waals surface area contributed by atoms with Crippen molar-refractivity contribution in [3.8, 4) is 0 Å². The molecule has 1 atom stereocenters. The van der Waals surface area contributed by atoms with Crippen LogP contribution in [0.15, 0.2) is 24.3 Å². The lowest BCUT2D eigenvalue weighted by Gasteiger charge is -2.36. The number of carbonyl (C=O) groups excluding carboxylic acids is 1. The van der Waals surface area contributed by atoms with E-state index < -0.39 is 16.1 Å². The number of nitrogens with zero attached hydrogens (tertiary/aromatic N) is 2. The monoisotopic (exact) mass is 366 g/mol. The molecule has 23 heavy (non-hydrogen) atoms. The van der Waals surface area contributed by atoms with Crippen LogP contribution in [0.1, 0.15) is 12.0 Å². The summed E-state index contributed by atoms with van der Waals surface area (Å²) in [5.74, 6) is -0.426. The topological polar surface area (TPSA) is 23.6 Å². The number of amides is 1. The molecule has 3 nitrogen and oxygen atoms in total. The maximum atomic E-state index is 12.8. The molecule has 3 rings (SSSR count). The Morgan fingerprint density at radius 1 is 1.17 bits per heavy atom. The first kappa shape index (κ1) is 16.7. The fourth-order valence-corrected chi connectivity index (χ4v) is 3.26. The highest BCUT2D eigenvalue weighted by Gasteiger charge is 2.57. The largest absolute Gasteiger partial charge is 0.416 e. The second-order valence-corrected chi connectivity index (χ2v) is 7.42. The Morgan fingerprint density at radius 3 is 2.30 bits per heavy atom. The van der Waals surface area contributed by atoms with Crippen LogP contribution in [0, 0.1) is 5.92 Å². The van der Waals surface area contributed by atoms with Crippen molar-refractivity contribution in [2.45, 2.75) is 16.9 Å². The molecule has 1 amide bonds. The van der Waals surface area contributed by atoms with Gasteiger partial charge < -0.3 is 9.80 Å². The molecule has 2 aliphatic rings. The number of alkyl halides is 5. The van der Waals surface area contributed by atoms with E-state index in [1.165, 1.54) is 6.07 Å². The Kier molecular flexibility index (Phi) is 4.17. The third kappa shape index (κ3) is 3.53. The maximum absolute atomic E-state index is 12.8. The van der Waals surface area contributed by atoms with Crippen molar-refractivity contribution in [3.63, 3.8) is 0 Å². The molecular weight excluding hydrogens is 352 g/mol. The Hall–Kier alpha value is -1.14. The molecule has 1 saturated carbocycles. The van der Waals surface area contributed by atoms with Crippen LogP contribution in [0.2, 0.25) is 0 Å². The molecule has 1 aliphatic heterocycles. The molecule has 0 aromatic heterocycles. The van der Waals surface area contributed by atoms with E-state index in [0.29, 0.717) is 38.3 Å². The van der Waals surface area contributed by atoms with E-state index in [1.54, 1.807) is 11.0 Å². The summed E-state index contributed by atoms with van der Waals surface area (Å²) in [7, 11) is 0. The molecular formula is C15H15Cl2F3N2O. The minimum Gasteiger partial charge on any atom is -0.368 e. The quantitative estimate of drug-likeness (QED) is 0.747. The fraction of sp³-hybridized carbons (Fsp3) is 0.533. The normalized spacial score (nSPS) is 23.8. The molecule has 1 aromatic rings. The van der Waals surface area contributed by atoms with E-state index in [4.69, 9.17) is 23.2 Å². The molecule has 0 N–H and O–H groups in total. The first-order chi connectivity index (χ1) is 10.7. The first-order valence-electron chi connectivity index (χ1n) is 7.27. The predicted molar refractivity (Wildman–Crippen MR) is 82.8 cm³/mol. The third-order valence-electron chi connectivity index (χ3n) is 4.25. The molecule has 1 saturated heterocycles. The maximum Gasteiger partial charge on any atom is 0.416 e. The van der Waals surface area contributed by atoms with Gasteiger partial charge in [-0.15, -0.1) is 23.2 Å². The summed E-state index contributed by atoms with van der Waals surface area (Å²) in [5.41, 5.74) is -0.150. The summed E-state index contributed by atoms with van der Waals surface area (Å²) < 4.78 is 37.4. The van der Waals surface area contributed by atoms with Crippen LogP contribution >= 0.6 is 23.2 Å². The number of hydrogen-bond donors (Lipinski definition) is 0. The fourth-order valence-electron chi connectivity index (χ4n) is 2.77. The summed E-state index contributed by atoms with van der Waals surface area (Å²) in [6.45, 7) is 1.87. The SMILES string of the molecule is O=C(C1CC1(Cl)Cl)N1CCN(c2cccc(C(F)(F)F)c2)CC1. The summed E-state index contributed by atoms with van der Waals surface area (Å²) >= 11 is 11.8. The van der Waals surface area contributed by atoms with Gasteiger partial charge >= 0.3 is 6.18 Å². The van der Waals surface area contributed by atoms with Crippen LogP contribution < -0.4 is 4.90 Å². The van der Waals surface area contributed by atoms with Crippen molar-refractivity contribution in [1.82, 2.24) is 4.90 Å². The first-order valence-corrected chi connectivity index (χ1v) is 8.03. The van der Waals surface area contributed by atoms with Gasteiger partial charge in [-0.3, -0.25) is 4.79 Å².